The van der Waals surface area contributed by atoms with Crippen molar-refractivity contribution in [3.63, 3.8) is 0 Å². The Morgan fingerprint density at radius 1 is 1.05 bits per heavy atom. The summed E-state index contributed by atoms with van der Waals surface area (Å²) in [6.07, 6.45) is 2.74. The number of hydrogen-bond acceptors (Lipinski definition) is 2. The zero-order valence-corrected chi connectivity index (χ0v) is 11.9. The molecule has 1 aromatic carbocycles. The molecule has 100 valence electrons. The number of rotatable bonds is 5. The molecular formula is C17H22N2. The Hall–Kier alpha value is -1.67. The van der Waals surface area contributed by atoms with Crippen LogP contribution >= 0.6 is 0 Å². The molecule has 0 aliphatic heterocycles. The Bertz CT molecular complexity index is 493. The molecule has 0 radical (unpaired) electrons. The maximum Gasteiger partial charge on any atom is 0.0463 e. The number of nitrogens with zero attached hydrogens (tertiary/aromatic N) is 1. The quantitative estimate of drug-likeness (QED) is 0.883. The standard InChI is InChI=1S/C17H22N2/c1-14(2)19-17(3,15-9-5-4-6-10-15)13-16-11-7-8-12-18-16/h4-12,14,19H,13H2,1-3H3. The van der Waals surface area contributed by atoms with Crippen LogP contribution in [0.3, 0.4) is 0 Å². The van der Waals surface area contributed by atoms with Crippen LogP contribution in [0, 0.1) is 0 Å². The van der Waals surface area contributed by atoms with Gasteiger partial charge in [0, 0.05) is 29.9 Å². The number of pyridine rings is 1. The molecule has 19 heavy (non-hydrogen) atoms. The number of hydrogen-bond donors (Lipinski definition) is 1. The molecule has 0 fully saturated rings. The third kappa shape index (κ3) is 3.65. The molecule has 2 rings (SSSR count). The fourth-order valence-corrected chi connectivity index (χ4v) is 2.54. The van der Waals surface area contributed by atoms with Gasteiger partial charge in [0.15, 0.2) is 0 Å². The summed E-state index contributed by atoms with van der Waals surface area (Å²) >= 11 is 0. The van der Waals surface area contributed by atoms with E-state index in [0.29, 0.717) is 6.04 Å². The van der Waals surface area contributed by atoms with Gasteiger partial charge in [0.25, 0.3) is 0 Å². The van der Waals surface area contributed by atoms with Gasteiger partial charge in [0.05, 0.1) is 0 Å². The van der Waals surface area contributed by atoms with Crippen LogP contribution in [0.4, 0.5) is 0 Å². The van der Waals surface area contributed by atoms with Crippen molar-refractivity contribution in [2.24, 2.45) is 0 Å². The Labute approximate surface area is 115 Å². The molecule has 0 saturated carbocycles. The van der Waals surface area contributed by atoms with Crippen molar-refractivity contribution in [3.8, 4) is 0 Å². The number of aromatic nitrogens is 1. The lowest BCUT2D eigenvalue weighted by molar-refractivity contribution is 0.328. The van der Waals surface area contributed by atoms with Crippen LogP contribution in [0.15, 0.2) is 54.7 Å². The average molecular weight is 254 g/mol. The molecule has 0 aliphatic rings. The smallest absolute Gasteiger partial charge is 0.0463 e. The molecule has 1 atom stereocenters. The van der Waals surface area contributed by atoms with Gasteiger partial charge >= 0.3 is 0 Å². The summed E-state index contributed by atoms with van der Waals surface area (Å²) in [6, 6.07) is 17.1. The summed E-state index contributed by atoms with van der Waals surface area (Å²) in [4.78, 5) is 4.46. The van der Waals surface area contributed by atoms with Gasteiger partial charge in [0.1, 0.15) is 0 Å². The minimum Gasteiger partial charge on any atom is -0.305 e. The van der Waals surface area contributed by atoms with Crippen LogP contribution in [-0.2, 0) is 12.0 Å². The second-order valence-electron chi connectivity index (χ2n) is 5.50. The summed E-state index contributed by atoms with van der Waals surface area (Å²) in [5.74, 6) is 0. The predicted octanol–water partition coefficient (Wildman–Crippen LogP) is 3.54. The van der Waals surface area contributed by atoms with Crippen molar-refractivity contribution in [2.75, 3.05) is 0 Å². The molecule has 0 saturated heterocycles. The summed E-state index contributed by atoms with van der Waals surface area (Å²) in [5.41, 5.74) is 2.32. The van der Waals surface area contributed by atoms with Gasteiger partial charge in [-0.2, -0.15) is 0 Å². The molecular weight excluding hydrogens is 232 g/mol. The Balaban J connectivity index is 2.30. The second kappa shape index (κ2) is 5.98. The van der Waals surface area contributed by atoms with Gasteiger partial charge in [0.2, 0.25) is 0 Å². The summed E-state index contributed by atoms with van der Waals surface area (Å²) in [7, 11) is 0. The fourth-order valence-electron chi connectivity index (χ4n) is 2.54. The molecule has 1 N–H and O–H groups in total. The van der Waals surface area contributed by atoms with E-state index < -0.39 is 0 Å². The van der Waals surface area contributed by atoms with Crippen molar-refractivity contribution in [1.82, 2.24) is 10.3 Å². The van der Waals surface area contributed by atoms with E-state index in [2.05, 4.69) is 67.5 Å². The zero-order chi connectivity index (χ0) is 13.7. The van der Waals surface area contributed by atoms with E-state index in [9.17, 15) is 0 Å². The first-order chi connectivity index (χ1) is 9.10. The summed E-state index contributed by atoms with van der Waals surface area (Å²) in [6.45, 7) is 6.61. The van der Waals surface area contributed by atoms with E-state index in [0.717, 1.165) is 12.1 Å². The topological polar surface area (TPSA) is 24.9 Å². The average Bonchev–Trinajstić information content (AvgIpc) is 2.40. The first-order valence-electron chi connectivity index (χ1n) is 6.83. The van der Waals surface area contributed by atoms with Crippen molar-refractivity contribution in [1.29, 1.82) is 0 Å². The van der Waals surface area contributed by atoms with Crippen LogP contribution in [0.5, 0.6) is 0 Å². The minimum absolute atomic E-state index is 0.0935. The molecule has 1 aromatic heterocycles. The van der Waals surface area contributed by atoms with Gasteiger partial charge in [-0.3, -0.25) is 4.98 Å². The van der Waals surface area contributed by atoms with Crippen LogP contribution in [-0.4, -0.2) is 11.0 Å². The molecule has 0 spiro atoms. The van der Waals surface area contributed by atoms with Gasteiger partial charge in [-0.15, -0.1) is 0 Å². The van der Waals surface area contributed by atoms with Crippen molar-refractivity contribution in [2.45, 2.75) is 38.8 Å². The van der Waals surface area contributed by atoms with E-state index >= 15 is 0 Å². The molecule has 1 heterocycles. The number of benzene rings is 1. The van der Waals surface area contributed by atoms with E-state index in [1.807, 2.05) is 18.3 Å². The molecule has 2 aromatic rings. The van der Waals surface area contributed by atoms with Gasteiger partial charge in [-0.25, -0.2) is 0 Å². The summed E-state index contributed by atoms with van der Waals surface area (Å²) < 4.78 is 0. The lowest BCUT2D eigenvalue weighted by atomic mass is 9.86. The highest BCUT2D eigenvalue weighted by atomic mass is 15.0. The van der Waals surface area contributed by atoms with Crippen LogP contribution in [0.25, 0.3) is 0 Å². The predicted molar refractivity (Wildman–Crippen MR) is 80.0 cm³/mol. The van der Waals surface area contributed by atoms with Gasteiger partial charge < -0.3 is 5.32 Å². The molecule has 0 amide bonds. The molecule has 2 heteroatoms. The SMILES string of the molecule is CC(C)NC(C)(Cc1ccccn1)c1ccccc1. The monoisotopic (exact) mass is 254 g/mol. The number of nitrogens with one attached hydrogen (secondary N) is 1. The minimum atomic E-state index is -0.0935. The maximum atomic E-state index is 4.46. The first kappa shape index (κ1) is 13.8. The van der Waals surface area contributed by atoms with E-state index in [4.69, 9.17) is 0 Å². The Kier molecular flexibility index (Phi) is 4.33. The van der Waals surface area contributed by atoms with Crippen molar-refractivity contribution < 1.29 is 0 Å². The zero-order valence-electron chi connectivity index (χ0n) is 11.9. The highest BCUT2D eigenvalue weighted by Crippen LogP contribution is 2.25. The molecule has 0 aliphatic carbocycles. The molecule has 1 unspecified atom stereocenters. The van der Waals surface area contributed by atoms with Crippen LogP contribution in [0.1, 0.15) is 32.0 Å². The van der Waals surface area contributed by atoms with Crippen LogP contribution in [0.2, 0.25) is 0 Å². The maximum absolute atomic E-state index is 4.46. The largest absolute Gasteiger partial charge is 0.305 e. The third-order valence-electron chi connectivity index (χ3n) is 3.28. The van der Waals surface area contributed by atoms with Gasteiger partial charge in [-0.1, -0.05) is 50.2 Å². The van der Waals surface area contributed by atoms with E-state index in [1.54, 1.807) is 0 Å². The van der Waals surface area contributed by atoms with Gasteiger partial charge in [-0.05, 0) is 24.6 Å². The Morgan fingerprint density at radius 2 is 1.74 bits per heavy atom. The third-order valence-corrected chi connectivity index (χ3v) is 3.28. The Morgan fingerprint density at radius 3 is 2.32 bits per heavy atom. The first-order valence-corrected chi connectivity index (χ1v) is 6.83. The summed E-state index contributed by atoms with van der Waals surface area (Å²) in [5, 5.41) is 3.68. The normalized spacial score (nSPS) is 14.3. The second-order valence-corrected chi connectivity index (χ2v) is 5.50. The van der Waals surface area contributed by atoms with Crippen molar-refractivity contribution in [3.05, 3.63) is 66.0 Å². The van der Waals surface area contributed by atoms with E-state index in [-0.39, 0.29) is 5.54 Å². The molecule has 2 nitrogen and oxygen atoms in total. The lowest BCUT2D eigenvalue weighted by Gasteiger charge is -2.33. The van der Waals surface area contributed by atoms with E-state index in [1.165, 1.54) is 5.56 Å². The molecule has 0 bridgehead atoms. The fraction of sp³-hybridized carbons (Fsp3) is 0.353. The lowest BCUT2D eigenvalue weighted by Crippen LogP contribution is -2.45. The highest BCUT2D eigenvalue weighted by molar-refractivity contribution is 5.26. The van der Waals surface area contributed by atoms with Crippen LogP contribution < -0.4 is 5.32 Å². The highest BCUT2D eigenvalue weighted by Gasteiger charge is 2.27. The van der Waals surface area contributed by atoms with Crippen molar-refractivity contribution >= 4 is 0 Å².